The number of carbonyl (C=O) groups is 3. The van der Waals surface area contributed by atoms with Crippen molar-refractivity contribution in [2.75, 3.05) is 0 Å². The van der Waals surface area contributed by atoms with Crippen LogP contribution in [0, 0.1) is 0 Å². The van der Waals surface area contributed by atoms with Crippen molar-refractivity contribution in [3.63, 3.8) is 0 Å². The second kappa shape index (κ2) is 6.66. The molecule has 2 rings (SSSR count). The lowest BCUT2D eigenvalue weighted by Gasteiger charge is -2.13. The molecule has 1 aromatic carbocycles. The maximum Gasteiger partial charge on any atom is 0.326 e. The Kier molecular flexibility index (Phi) is 4.67. The number of para-hydroxylation sites is 1. The molecule has 7 nitrogen and oxygen atoms in total. The van der Waals surface area contributed by atoms with Gasteiger partial charge in [0.05, 0.1) is 5.52 Å². The first kappa shape index (κ1) is 15.4. The van der Waals surface area contributed by atoms with Crippen molar-refractivity contribution in [1.29, 1.82) is 0 Å². The molecule has 0 fully saturated rings. The summed E-state index contributed by atoms with van der Waals surface area (Å²) in [7, 11) is 0. The van der Waals surface area contributed by atoms with Crippen molar-refractivity contribution in [2.24, 2.45) is 0 Å². The molecule has 22 heavy (non-hydrogen) atoms. The highest BCUT2D eigenvalue weighted by atomic mass is 16.4. The van der Waals surface area contributed by atoms with E-state index in [1.54, 1.807) is 18.2 Å². The number of carboxylic acids is 2. The standard InChI is InChI=1S/C15H14N2O5/c18-13(19)8-7-12(15(21)22)17-14(20)11-6-5-9-3-1-2-4-10(9)16-11/h1-6,12H,7-8H2,(H,17,20)(H,18,19)(H,21,22)/t12-/m1/s1. The van der Waals surface area contributed by atoms with Crippen molar-refractivity contribution in [3.8, 4) is 0 Å². The van der Waals surface area contributed by atoms with Crippen LogP contribution in [0.5, 0.6) is 0 Å². The van der Waals surface area contributed by atoms with Crippen LogP contribution in [-0.4, -0.2) is 39.1 Å². The number of nitrogens with one attached hydrogen (secondary N) is 1. The number of hydrogen-bond acceptors (Lipinski definition) is 4. The summed E-state index contributed by atoms with van der Waals surface area (Å²) in [6, 6.07) is 9.15. The third-order valence-electron chi connectivity index (χ3n) is 3.08. The summed E-state index contributed by atoms with van der Waals surface area (Å²) in [5, 5.41) is 20.8. The van der Waals surface area contributed by atoms with Crippen molar-refractivity contribution in [3.05, 3.63) is 42.1 Å². The van der Waals surface area contributed by atoms with Gasteiger partial charge < -0.3 is 15.5 Å². The summed E-state index contributed by atoms with van der Waals surface area (Å²) >= 11 is 0. The molecular weight excluding hydrogens is 288 g/mol. The van der Waals surface area contributed by atoms with Crippen LogP contribution < -0.4 is 5.32 Å². The van der Waals surface area contributed by atoms with E-state index in [9.17, 15) is 14.4 Å². The molecule has 0 saturated carbocycles. The largest absolute Gasteiger partial charge is 0.481 e. The van der Waals surface area contributed by atoms with Gasteiger partial charge in [-0.05, 0) is 18.6 Å². The topological polar surface area (TPSA) is 117 Å². The van der Waals surface area contributed by atoms with Crippen LogP contribution in [0.1, 0.15) is 23.3 Å². The Morgan fingerprint density at radius 2 is 1.82 bits per heavy atom. The zero-order valence-corrected chi connectivity index (χ0v) is 11.5. The van der Waals surface area contributed by atoms with E-state index in [-0.39, 0.29) is 18.5 Å². The summed E-state index contributed by atoms with van der Waals surface area (Å²) in [5.41, 5.74) is 0.702. The van der Waals surface area contributed by atoms with E-state index in [1.165, 1.54) is 6.07 Å². The summed E-state index contributed by atoms with van der Waals surface area (Å²) in [4.78, 5) is 37.8. The molecule has 0 bridgehead atoms. The van der Waals surface area contributed by atoms with Gasteiger partial charge in [0, 0.05) is 11.8 Å². The third-order valence-corrected chi connectivity index (χ3v) is 3.08. The van der Waals surface area contributed by atoms with Gasteiger partial charge in [-0.2, -0.15) is 0 Å². The van der Waals surface area contributed by atoms with Gasteiger partial charge in [-0.1, -0.05) is 24.3 Å². The van der Waals surface area contributed by atoms with Gasteiger partial charge in [0.25, 0.3) is 5.91 Å². The first-order valence-electron chi connectivity index (χ1n) is 6.58. The fraction of sp³-hybridized carbons (Fsp3) is 0.200. The summed E-state index contributed by atoms with van der Waals surface area (Å²) in [5.74, 6) is -3.05. The lowest BCUT2D eigenvalue weighted by atomic mass is 10.1. The zero-order valence-electron chi connectivity index (χ0n) is 11.5. The summed E-state index contributed by atoms with van der Waals surface area (Å²) < 4.78 is 0. The average Bonchev–Trinajstić information content (AvgIpc) is 2.50. The fourth-order valence-electron chi connectivity index (χ4n) is 1.95. The van der Waals surface area contributed by atoms with Gasteiger partial charge in [-0.3, -0.25) is 9.59 Å². The molecule has 0 saturated heterocycles. The van der Waals surface area contributed by atoms with E-state index in [1.807, 2.05) is 12.1 Å². The van der Waals surface area contributed by atoms with Crippen molar-refractivity contribution in [1.82, 2.24) is 10.3 Å². The number of pyridine rings is 1. The normalized spacial score (nSPS) is 11.8. The number of nitrogens with zero attached hydrogens (tertiary/aromatic N) is 1. The zero-order chi connectivity index (χ0) is 16.1. The minimum atomic E-state index is -1.28. The highest BCUT2D eigenvalue weighted by Gasteiger charge is 2.22. The number of hydrogen-bond donors (Lipinski definition) is 3. The Morgan fingerprint density at radius 3 is 2.50 bits per heavy atom. The molecule has 114 valence electrons. The monoisotopic (exact) mass is 302 g/mol. The van der Waals surface area contributed by atoms with Gasteiger partial charge >= 0.3 is 11.9 Å². The minimum Gasteiger partial charge on any atom is -0.481 e. The minimum absolute atomic E-state index is 0.0836. The van der Waals surface area contributed by atoms with Crippen molar-refractivity contribution in [2.45, 2.75) is 18.9 Å². The molecule has 1 amide bonds. The predicted octanol–water partition coefficient (Wildman–Crippen LogP) is 1.28. The van der Waals surface area contributed by atoms with Crippen molar-refractivity contribution >= 4 is 28.7 Å². The van der Waals surface area contributed by atoms with Crippen LogP contribution in [0.25, 0.3) is 10.9 Å². The number of benzene rings is 1. The van der Waals surface area contributed by atoms with E-state index in [0.717, 1.165) is 5.39 Å². The van der Waals surface area contributed by atoms with Gasteiger partial charge in [0.15, 0.2) is 0 Å². The van der Waals surface area contributed by atoms with Crippen LogP contribution in [-0.2, 0) is 9.59 Å². The van der Waals surface area contributed by atoms with Gasteiger partial charge in [-0.25, -0.2) is 9.78 Å². The Balaban J connectivity index is 2.14. The number of rotatable bonds is 6. The van der Waals surface area contributed by atoms with E-state index >= 15 is 0 Å². The van der Waals surface area contributed by atoms with E-state index in [2.05, 4.69) is 10.3 Å². The predicted molar refractivity (Wildman–Crippen MR) is 77.5 cm³/mol. The lowest BCUT2D eigenvalue weighted by molar-refractivity contribution is -0.140. The van der Waals surface area contributed by atoms with E-state index in [0.29, 0.717) is 5.52 Å². The number of aliphatic carboxylic acids is 2. The smallest absolute Gasteiger partial charge is 0.326 e. The Hall–Kier alpha value is -2.96. The molecule has 0 unspecified atom stereocenters. The maximum absolute atomic E-state index is 12.1. The summed E-state index contributed by atoms with van der Waals surface area (Å²) in [6.07, 6.45) is -0.535. The molecular formula is C15H14N2O5. The van der Waals surface area contributed by atoms with Crippen LogP contribution in [0.3, 0.4) is 0 Å². The van der Waals surface area contributed by atoms with Crippen LogP contribution in [0.15, 0.2) is 36.4 Å². The Morgan fingerprint density at radius 1 is 1.09 bits per heavy atom. The molecule has 1 heterocycles. The maximum atomic E-state index is 12.1. The molecule has 0 aliphatic rings. The fourth-order valence-corrected chi connectivity index (χ4v) is 1.95. The molecule has 3 N–H and O–H groups in total. The molecule has 1 aromatic heterocycles. The molecule has 7 heteroatoms. The number of aromatic nitrogens is 1. The van der Waals surface area contributed by atoms with Crippen LogP contribution in [0.4, 0.5) is 0 Å². The second-order valence-electron chi connectivity index (χ2n) is 4.69. The molecule has 0 spiro atoms. The SMILES string of the molecule is O=C(O)CC[C@@H](NC(=O)c1ccc2ccccc2n1)C(=O)O. The highest BCUT2D eigenvalue weighted by molar-refractivity contribution is 5.97. The first-order chi connectivity index (χ1) is 10.5. The number of fused-ring (bicyclic) bond motifs is 1. The molecule has 0 radical (unpaired) electrons. The molecule has 2 aromatic rings. The van der Waals surface area contributed by atoms with E-state index < -0.39 is 23.9 Å². The lowest BCUT2D eigenvalue weighted by Crippen LogP contribution is -2.41. The third kappa shape index (κ3) is 3.78. The quantitative estimate of drug-likeness (QED) is 0.740. The van der Waals surface area contributed by atoms with Gasteiger partial charge in [-0.15, -0.1) is 0 Å². The van der Waals surface area contributed by atoms with Crippen LogP contribution >= 0.6 is 0 Å². The second-order valence-corrected chi connectivity index (χ2v) is 4.69. The van der Waals surface area contributed by atoms with Crippen molar-refractivity contribution < 1.29 is 24.6 Å². The molecule has 1 atom stereocenters. The average molecular weight is 302 g/mol. The van der Waals surface area contributed by atoms with E-state index in [4.69, 9.17) is 10.2 Å². The number of amides is 1. The first-order valence-corrected chi connectivity index (χ1v) is 6.58. The number of carboxylic acid groups (broad SMARTS) is 2. The Bertz CT molecular complexity index is 729. The van der Waals surface area contributed by atoms with Gasteiger partial charge in [0.1, 0.15) is 11.7 Å². The number of carbonyl (C=O) groups excluding carboxylic acids is 1. The molecule has 0 aliphatic carbocycles. The Labute approximate surface area is 125 Å². The molecule has 0 aliphatic heterocycles. The summed E-state index contributed by atoms with van der Waals surface area (Å²) in [6.45, 7) is 0. The van der Waals surface area contributed by atoms with Crippen LogP contribution in [0.2, 0.25) is 0 Å². The van der Waals surface area contributed by atoms with Gasteiger partial charge in [0.2, 0.25) is 0 Å². The highest BCUT2D eigenvalue weighted by Crippen LogP contribution is 2.12.